The molecule has 0 radical (unpaired) electrons. The first-order chi connectivity index (χ1) is 36.3. The molecule has 3 aliphatic heterocycles. The van der Waals surface area contributed by atoms with Crippen LogP contribution in [0.5, 0.6) is 0 Å². The summed E-state index contributed by atoms with van der Waals surface area (Å²) in [6.07, 6.45) is -8.55. The normalized spacial score (nSPS) is 32.0. The molecule has 0 aromatic carbocycles. The number of carbonyl (C=O) groups is 4. The second-order valence-electron chi connectivity index (χ2n) is 20.9. The Labute approximate surface area is 446 Å². The summed E-state index contributed by atoms with van der Waals surface area (Å²) in [4.78, 5) is 56.0. The molecule has 6 unspecified atom stereocenters. The molecule has 3 saturated heterocycles. The summed E-state index contributed by atoms with van der Waals surface area (Å²) in [5.41, 5.74) is -2.27. The van der Waals surface area contributed by atoms with Crippen molar-refractivity contribution in [2.24, 2.45) is 23.2 Å². The summed E-state index contributed by atoms with van der Waals surface area (Å²) in [7, 11) is -10.2. The van der Waals surface area contributed by atoms with Gasteiger partial charge in [0.2, 0.25) is 5.91 Å². The van der Waals surface area contributed by atoms with Gasteiger partial charge < -0.3 is 69.9 Å². The Balaban J connectivity index is 1.19. The van der Waals surface area contributed by atoms with Gasteiger partial charge in [-0.1, -0.05) is 50.7 Å². The highest BCUT2D eigenvalue weighted by Gasteiger charge is 2.53. The molecule has 1 aromatic heterocycles. The van der Waals surface area contributed by atoms with Gasteiger partial charge in [0.05, 0.1) is 62.9 Å². The van der Waals surface area contributed by atoms with Crippen LogP contribution in [0.4, 0.5) is 0 Å². The fraction of sp³-hybridized carbons (Fsp3) is 0.870. The number of nitrogens with one attached hydrogen (secondary N) is 2. The molecule has 5 aliphatic rings. The van der Waals surface area contributed by atoms with E-state index in [1.165, 1.54) is 13.8 Å². The van der Waals surface area contributed by atoms with Crippen LogP contribution in [0.3, 0.4) is 0 Å². The van der Waals surface area contributed by atoms with Gasteiger partial charge in [-0.25, -0.2) is 8.37 Å². The number of aliphatic hydroxyl groups excluding tert-OH is 6. The van der Waals surface area contributed by atoms with Gasteiger partial charge in [-0.2, -0.15) is 16.8 Å². The lowest BCUT2D eigenvalue weighted by Crippen LogP contribution is -2.67. The average molecular weight is 1150 g/mol. The molecule has 3 amide bonds. The molecule has 6 rings (SSSR count). The highest BCUT2D eigenvalue weighted by atomic mass is 32.3. The molecule has 15 atom stereocenters. The largest absolute Gasteiger partial charge is 0.397 e. The standard InChI is InChI=1S/C46H76N6O23S2/c1-4-28-17-29(31(56)12-8-13-47-42(61)30-19-52(50-49-30)21-46(22-54,23-69-76(63,64)65)24-70-77(66,67)68)18-32(40(28)75-45-39(60)38(59)36(57)25(2)71-45)73-44-35(48-26(3)55)41(37(58)34(20-53)74-44)72-33(43(62)51-14-9-15-51)16-27-10-6-5-7-11-27/h19,25,27-29,32-41,44-45,53-54,57-60H,4-18,20-24H2,1-3H3,(H,47,61)(H,48,55)(H,63,64,65)(H,66,67,68)/t25?,28?,29?,32-,33+,34+,35?,36-,37+,38+,39?,40-,41?,44-,45+/m1/s1. The van der Waals surface area contributed by atoms with Crippen LogP contribution >= 0.6 is 0 Å². The van der Waals surface area contributed by atoms with E-state index in [1.54, 1.807) is 4.90 Å². The minimum absolute atomic E-state index is 0.0544. The molecule has 1 aromatic rings. The zero-order valence-corrected chi connectivity index (χ0v) is 44.9. The van der Waals surface area contributed by atoms with Gasteiger partial charge in [0.15, 0.2) is 18.3 Å². The molecule has 29 nitrogen and oxygen atoms in total. The van der Waals surface area contributed by atoms with Crippen molar-refractivity contribution in [2.45, 2.75) is 184 Å². The van der Waals surface area contributed by atoms with Gasteiger partial charge in [-0.05, 0) is 50.9 Å². The molecule has 5 fully saturated rings. The number of amides is 3. The van der Waals surface area contributed by atoms with Crippen molar-refractivity contribution >= 4 is 44.3 Å². The molecule has 0 spiro atoms. The summed E-state index contributed by atoms with van der Waals surface area (Å²) in [5, 5.41) is 77.6. The number of Topliss-reactive ketones (excluding diaryl/α,β-unsaturated/α-hetero) is 1. The molecule has 4 heterocycles. The first kappa shape index (κ1) is 62.7. The van der Waals surface area contributed by atoms with Crippen LogP contribution in [0, 0.1) is 23.2 Å². The second kappa shape index (κ2) is 27.8. The van der Waals surface area contributed by atoms with Gasteiger partial charge >= 0.3 is 20.8 Å². The average Bonchev–Trinajstić information content (AvgIpc) is 3.85. The quantitative estimate of drug-likeness (QED) is 0.0323. The summed E-state index contributed by atoms with van der Waals surface area (Å²) in [6.45, 7) is 1.10. The van der Waals surface area contributed by atoms with Crippen LogP contribution in [0.15, 0.2) is 6.20 Å². The number of likely N-dealkylation sites (tertiary alicyclic amines) is 1. The van der Waals surface area contributed by atoms with E-state index in [-0.39, 0.29) is 55.5 Å². The molecule has 10 N–H and O–H groups in total. The molecule has 77 heavy (non-hydrogen) atoms. The second-order valence-corrected chi connectivity index (χ2v) is 23.1. The maximum Gasteiger partial charge on any atom is 0.397 e. The lowest BCUT2D eigenvalue weighted by Gasteiger charge is -2.49. The number of ether oxygens (including phenoxy) is 5. The fourth-order valence-electron chi connectivity index (χ4n) is 10.6. The van der Waals surface area contributed by atoms with E-state index in [0.717, 1.165) is 49.4 Å². The zero-order valence-electron chi connectivity index (χ0n) is 43.3. The Morgan fingerprint density at radius 2 is 1.55 bits per heavy atom. The van der Waals surface area contributed by atoms with E-state index in [2.05, 4.69) is 29.3 Å². The Kier molecular flexibility index (Phi) is 22.6. The Hall–Kier alpha value is -3.48. The first-order valence-electron chi connectivity index (χ1n) is 26.1. The van der Waals surface area contributed by atoms with E-state index in [1.807, 2.05) is 6.92 Å². The third-order valence-electron chi connectivity index (χ3n) is 15.1. The predicted molar refractivity (Wildman–Crippen MR) is 260 cm³/mol. The third kappa shape index (κ3) is 17.3. The zero-order chi connectivity index (χ0) is 56.4. The number of rotatable bonds is 27. The van der Waals surface area contributed by atoms with Crippen molar-refractivity contribution < 1.29 is 108 Å². The highest BCUT2D eigenvalue weighted by Crippen LogP contribution is 2.41. The van der Waals surface area contributed by atoms with E-state index in [4.69, 9.17) is 32.8 Å². The Morgan fingerprint density at radius 1 is 0.870 bits per heavy atom. The van der Waals surface area contributed by atoms with E-state index < -0.39 is 162 Å². The van der Waals surface area contributed by atoms with Crippen LogP contribution in [0.1, 0.15) is 108 Å². The summed E-state index contributed by atoms with van der Waals surface area (Å²) in [6, 6.07) is -1.30. The smallest absolute Gasteiger partial charge is 0.396 e. The minimum Gasteiger partial charge on any atom is -0.396 e. The topological polar surface area (TPSA) is 421 Å². The molecule has 0 bridgehead atoms. The molecule has 2 saturated carbocycles. The molecular formula is C46H76N6O23S2. The third-order valence-corrected chi connectivity index (χ3v) is 15.9. The van der Waals surface area contributed by atoms with Crippen molar-refractivity contribution in [1.82, 2.24) is 30.5 Å². The molecule has 31 heteroatoms. The minimum atomic E-state index is -5.10. The maximum atomic E-state index is 14.2. The summed E-state index contributed by atoms with van der Waals surface area (Å²) in [5.74, 6) is -2.93. The van der Waals surface area contributed by atoms with Gasteiger partial charge in [0, 0.05) is 38.9 Å². The lowest BCUT2D eigenvalue weighted by atomic mass is 9.74. The van der Waals surface area contributed by atoms with Crippen molar-refractivity contribution in [1.29, 1.82) is 0 Å². The monoisotopic (exact) mass is 1140 g/mol. The molecule has 440 valence electrons. The fourth-order valence-corrected chi connectivity index (χ4v) is 11.4. The van der Waals surface area contributed by atoms with Crippen molar-refractivity contribution in [2.75, 3.05) is 46.1 Å². The first-order valence-corrected chi connectivity index (χ1v) is 28.8. The van der Waals surface area contributed by atoms with Crippen LogP contribution < -0.4 is 10.6 Å². The summed E-state index contributed by atoms with van der Waals surface area (Å²) >= 11 is 0. The number of aliphatic hydroxyl groups is 6. The van der Waals surface area contributed by atoms with Gasteiger partial charge in [0.25, 0.3) is 11.8 Å². The van der Waals surface area contributed by atoms with Crippen LogP contribution in [0.2, 0.25) is 0 Å². The number of carbonyl (C=O) groups excluding carboxylic acids is 4. The van der Waals surface area contributed by atoms with Gasteiger partial charge in [-0.15, -0.1) is 5.10 Å². The van der Waals surface area contributed by atoms with E-state index >= 15 is 0 Å². The Morgan fingerprint density at radius 3 is 2.13 bits per heavy atom. The van der Waals surface area contributed by atoms with Crippen LogP contribution in [-0.4, -0.2) is 226 Å². The van der Waals surface area contributed by atoms with Crippen molar-refractivity contribution in [3.8, 4) is 0 Å². The number of hydrogen-bond donors (Lipinski definition) is 10. The maximum absolute atomic E-state index is 14.2. The number of ketones is 1. The highest BCUT2D eigenvalue weighted by molar-refractivity contribution is 7.81. The van der Waals surface area contributed by atoms with E-state index in [9.17, 15) is 66.7 Å². The number of hydrogen-bond acceptors (Lipinski definition) is 23. The Bertz CT molecular complexity index is 2300. The van der Waals surface area contributed by atoms with Crippen molar-refractivity contribution in [3.63, 3.8) is 0 Å². The van der Waals surface area contributed by atoms with Gasteiger partial charge in [0.1, 0.15) is 54.6 Å². The van der Waals surface area contributed by atoms with Crippen LogP contribution in [0.25, 0.3) is 0 Å². The number of nitrogens with zero attached hydrogens (tertiary/aromatic N) is 4. The lowest BCUT2D eigenvalue weighted by molar-refractivity contribution is -0.338. The van der Waals surface area contributed by atoms with Crippen molar-refractivity contribution in [3.05, 3.63) is 11.9 Å². The van der Waals surface area contributed by atoms with Crippen LogP contribution in [-0.2, 0) is 73.8 Å². The van der Waals surface area contributed by atoms with E-state index in [0.29, 0.717) is 25.9 Å². The SMILES string of the molecule is CCC1CC(C(=O)CCCNC(=O)c2cn(CC(CO)(COS(=O)(=O)O)COS(=O)(=O)O)nn2)C[C@@H](O[C@@H]2O[C@@H](CO)[C@H](O)C(O[C@@H](CC3CCCCC3)C(=O)N3CCC3)C2NC(C)=O)[C@@H]1O[C@@H]1OC(C)[C@@H](O)[C@H](O)C1O. The molecule has 2 aliphatic carbocycles. The number of aromatic nitrogens is 3. The van der Waals surface area contributed by atoms with Gasteiger partial charge in [-0.3, -0.25) is 33.0 Å². The molecular weight excluding hydrogens is 1070 g/mol. The predicted octanol–water partition coefficient (Wildman–Crippen LogP) is -2.45. The summed E-state index contributed by atoms with van der Waals surface area (Å²) < 4.78 is 105.